The lowest BCUT2D eigenvalue weighted by Crippen LogP contribution is -2.62. The summed E-state index contributed by atoms with van der Waals surface area (Å²) in [7, 11) is 1.41. The maximum Gasteiger partial charge on any atom is 0.313 e. The van der Waals surface area contributed by atoms with E-state index in [0.717, 1.165) is 148 Å². The molecule has 18 aliphatic rings. The van der Waals surface area contributed by atoms with Crippen molar-refractivity contribution >= 4 is 47.8 Å². The smallest absolute Gasteiger partial charge is 0.313 e. The number of esters is 8. The topological polar surface area (TPSA) is 266 Å². The van der Waals surface area contributed by atoms with E-state index in [-0.39, 0.29) is 91.7 Å². The molecule has 18 rings (SSSR count). The van der Waals surface area contributed by atoms with Crippen LogP contribution in [0, 0.1) is 157 Å². The molecule has 0 spiro atoms. The number of hydrogen-bond acceptors (Lipinski definition) is 22. The normalized spacial score (nSPS) is 32.2. The minimum Gasteiger partial charge on any atom is -0.469 e. The molecule has 0 amide bonds. The number of ether oxygens (including phenoxy) is 14. The quantitative estimate of drug-likeness (QED) is 0.0188. The maximum atomic E-state index is 13.7. The molecule has 22 heteroatoms. The largest absolute Gasteiger partial charge is 0.469 e. The number of fused-ring (bicyclic) bond motifs is 9. The van der Waals surface area contributed by atoms with Crippen LogP contribution < -0.4 is 0 Å². The average Bonchev–Trinajstić information content (AvgIpc) is 1.52. The van der Waals surface area contributed by atoms with Crippen LogP contribution in [0.1, 0.15) is 425 Å². The zero-order chi connectivity index (χ0) is 99.9. The van der Waals surface area contributed by atoms with Crippen LogP contribution in [0.5, 0.6) is 0 Å². The highest BCUT2D eigenvalue weighted by atomic mass is 16.7. The summed E-state index contributed by atoms with van der Waals surface area (Å²) in [6.45, 7) is 53.9. The van der Waals surface area contributed by atoms with Gasteiger partial charge in [-0.3, -0.25) is 38.4 Å². The lowest BCUT2D eigenvalue weighted by atomic mass is 9.47. The van der Waals surface area contributed by atoms with E-state index >= 15 is 0 Å². The van der Waals surface area contributed by atoms with E-state index in [9.17, 15) is 38.4 Å². The Labute approximate surface area is 818 Å². The third kappa shape index (κ3) is 31.8. The van der Waals surface area contributed by atoms with Crippen molar-refractivity contribution in [3.8, 4) is 0 Å². The van der Waals surface area contributed by atoms with Crippen LogP contribution in [0.4, 0.5) is 0 Å². The van der Waals surface area contributed by atoms with Crippen LogP contribution in [0.2, 0.25) is 0 Å². The van der Waals surface area contributed by atoms with Crippen molar-refractivity contribution in [3.05, 3.63) is 0 Å². The molecule has 0 saturated heterocycles. The molecule has 135 heavy (non-hydrogen) atoms. The fourth-order valence-electron chi connectivity index (χ4n) is 26.0. The lowest BCUT2D eigenvalue weighted by molar-refractivity contribution is -0.230. The Hall–Kier alpha value is -4.48. The van der Waals surface area contributed by atoms with Crippen molar-refractivity contribution in [2.45, 2.75) is 473 Å². The lowest BCUT2D eigenvalue weighted by Gasteiger charge is -2.62. The van der Waals surface area contributed by atoms with Gasteiger partial charge in [0.2, 0.25) is 0 Å². The second-order valence-corrected chi connectivity index (χ2v) is 48.4. The average molecular weight is 1910 g/mol. The van der Waals surface area contributed by atoms with E-state index < -0.39 is 51.4 Å². The zero-order valence-corrected chi connectivity index (χ0v) is 90.3. The van der Waals surface area contributed by atoms with Crippen LogP contribution in [-0.2, 0) is 105 Å². The maximum absolute atomic E-state index is 13.7. The van der Waals surface area contributed by atoms with Crippen LogP contribution in [-0.4, -0.2) is 137 Å². The Balaban J connectivity index is 0.000000194. The molecule has 0 aromatic carbocycles. The van der Waals surface area contributed by atoms with Gasteiger partial charge in [-0.15, -0.1) is 0 Å². The summed E-state index contributed by atoms with van der Waals surface area (Å²) < 4.78 is 76.1. The summed E-state index contributed by atoms with van der Waals surface area (Å²) in [6, 6.07) is 0. The number of methoxy groups -OCH3 is 1. The fraction of sp³-hybridized carbons (Fsp3) is 0.929. The highest BCUT2D eigenvalue weighted by molar-refractivity contribution is 5.78. The van der Waals surface area contributed by atoms with Crippen LogP contribution >= 0.6 is 0 Å². The molecule has 16 bridgehead atoms. The molecule has 11 atom stereocenters. The summed E-state index contributed by atoms with van der Waals surface area (Å²) in [5, 5.41) is 0. The van der Waals surface area contributed by atoms with Crippen molar-refractivity contribution in [2.75, 3.05) is 40.7 Å². The SMILES string of the molecule is CC(C)C1(OC(=O)C2CC3CC2C2C4CCC(C4)C32)C2CC3CC(C2)CC1C3.CCC(C)(C)C(=O)OC(C)OC1C2CC3CC(C2)CC1C3.CCC(C)(C)C(=O)OC(C)OC1CCCCC1.CCC(C)(C)C(=O)OCOC1C2CC3CC(C2)CC1C3.CCC(C)(C)C(=O)OCOC1CCCCC1.CCC(C)C(=O)OC.CCOC(C)OC(=O)C(C)(C)CC.CCOCOC(=O)C(C)(C)CC. The molecule has 0 heterocycles. The van der Waals surface area contributed by atoms with Crippen molar-refractivity contribution in [3.63, 3.8) is 0 Å². The number of hydrogen-bond donors (Lipinski definition) is 0. The Kier molecular flexibility index (Phi) is 45.2. The first-order valence-corrected chi connectivity index (χ1v) is 54.8. The van der Waals surface area contributed by atoms with E-state index in [0.29, 0.717) is 67.0 Å². The molecule has 0 aromatic heterocycles. The van der Waals surface area contributed by atoms with Crippen molar-refractivity contribution < 1.29 is 105 Å². The van der Waals surface area contributed by atoms with Gasteiger partial charge in [-0.05, 0) is 429 Å². The van der Waals surface area contributed by atoms with Crippen LogP contribution in [0.15, 0.2) is 0 Å². The van der Waals surface area contributed by atoms with Crippen molar-refractivity contribution in [1.29, 1.82) is 0 Å². The third-order valence-electron chi connectivity index (χ3n) is 36.2. The fourth-order valence-corrected chi connectivity index (χ4v) is 26.0. The van der Waals surface area contributed by atoms with Gasteiger partial charge in [0.15, 0.2) is 39.2 Å². The molecular weight excluding hydrogens is 1710 g/mol. The van der Waals surface area contributed by atoms with E-state index in [1.165, 1.54) is 174 Å². The monoisotopic (exact) mass is 1910 g/mol. The third-order valence-corrected chi connectivity index (χ3v) is 36.2. The second-order valence-electron chi connectivity index (χ2n) is 48.4. The predicted molar refractivity (Wildman–Crippen MR) is 527 cm³/mol. The van der Waals surface area contributed by atoms with Gasteiger partial charge >= 0.3 is 47.8 Å². The van der Waals surface area contributed by atoms with Gasteiger partial charge in [0.1, 0.15) is 5.60 Å². The molecule has 18 aliphatic carbocycles. The minimum atomic E-state index is -0.441. The van der Waals surface area contributed by atoms with Gasteiger partial charge in [-0.2, -0.15) is 0 Å². The van der Waals surface area contributed by atoms with Gasteiger partial charge in [-0.25, -0.2) is 0 Å². The number of carbonyl (C=O) groups is 8. The Morgan fingerprint density at radius 2 is 0.704 bits per heavy atom. The Bertz CT molecular complexity index is 3530. The number of rotatable bonds is 35. The van der Waals surface area contributed by atoms with E-state index in [2.05, 4.69) is 18.6 Å². The zero-order valence-electron chi connectivity index (χ0n) is 90.3. The summed E-state index contributed by atoms with van der Waals surface area (Å²) >= 11 is 0. The molecule has 780 valence electrons. The van der Waals surface area contributed by atoms with Gasteiger partial charge < -0.3 is 66.3 Å². The first kappa shape index (κ1) is 116. The minimum absolute atomic E-state index is 0.0556. The molecule has 11 unspecified atom stereocenters. The molecule has 18 fully saturated rings. The summed E-state index contributed by atoms with van der Waals surface area (Å²) in [4.78, 5) is 94.6. The highest BCUT2D eigenvalue weighted by Crippen LogP contribution is 2.70. The molecule has 0 aromatic rings. The van der Waals surface area contributed by atoms with Gasteiger partial charge in [0, 0.05) is 13.2 Å². The van der Waals surface area contributed by atoms with E-state index in [1.54, 1.807) is 6.92 Å². The Morgan fingerprint density at radius 3 is 1.08 bits per heavy atom. The van der Waals surface area contributed by atoms with Gasteiger partial charge in [0.05, 0.1) is 75.9 Å². The van der Waals surface area contributed by atoms with Crippen molar-refractivity contribution in [1.82, 2.24) is 0 Å². The summed E-state index contributed by atoms with van der Waals surface area (Å²) in [5.74, 6) is 15.2. The standard InChI is InChI=1S/C26H38O2.C18H30O3.C17H28O3.C14H26O3.C13H24O3.C10H20O3.C9H18O3.C6H12O2/c1-13(2)26(19-6-14-5-15(8-19)9-20(26)7-14)28-25(27)22-12-18-11-21(22)24-17-4-3-16(10-17)23(18)24;1-5-18(3,4)17(19)21-11(2)20-16-14-7-12-6-13(9-14)10-15(16)8-12;1-4-17(2,3)16(18)20-10-19-15-13-6-11-5-12(8-13)9-14(15)7-11;1-5-14(3,4)13(15)17-11(2)16-12-9-7-6-8-10-12;1-4-13(2,3)12(14)16-10-15-11-8-6-5-7-9-11;1-6-10(4,5)9(11)13-8(3)12-7-2;1-5-9(3,4)8(10)12-7-11-6-2;1-4-5(2)6(7)8-3/h13-24H,3-12H2,1-2H3;11-16H,5-10H2,1-4H3;11-15H,4-10H2,1-3H3;11-12H,5-10H2,1-4H3;11H,4-10H2,1-3H3;8H,6-7H2,1-5H3;5-7H2,1-4H3;5H,4H2,1-3H3. The van der Waals surface area contributed by atoms with Crippen LogP contribution in [0.25, 0.3) is 0 Å². The molecular formula is C113H196O22. The van der Waals surface area contributed by atoms with Gasteiger partial charge in [0.25, 0.3) is 0 Å². The molecule has 0 radical (unpaired) electrons. The van der Waals surface area contributed by atoms with Crippen LogP contribution in [0.3, 0.4) is 0 Å². The molecule has 18 saturated carbocycles. The summed E-state index contributed by atoms with van der Waals surface area (Å²) in [6.07, 6.45) is 44.8. The van der Waals surface area contributed by atoms with Gasteiger partial charge in [-0.1, -0.05) is 108 Å². The first-order chi connectivity index (χ1) is 63.6. The predicted octanol–water partition coefficient (Wildman–Crippen LogP) is 26.1. The number of carbonyl (C=O) groups excluding carboxylic acids is 8. The highest BCUT2D eigenvalue weighted by Gasteiger charge is 2.66. The summed E-state index contributed by atoms with van der Waals surface area (Å²) in [5.41, 5.74) is -2.54. The second kappa shape index (κ2) is 52.7. The first-order valence-electron chi connectivity index (χ1n) is 54.8. The van der Waals surface area contributed by atoms with E-state index in [4.69, 9.17) is 61.6 Å². The Morgan fingerprint density at radius 1 is 0.341 bits per heavy atom. The molecule has 0 aliphatic heterocycles. The molecule has 22 nitrogen and oxygen atoms in total. The van der Waals surface area contributed by atoms with E-state index in [1.807, 2.05) is 166 Å². The molecule has 0 N–H and O–H groups in total. The van der Waals surface area contributed by atoms with Crippen molar-refractivity contribution in [2.24, 2.45) is 157 Å².